The number of anilines is 1. The fourth-order valence-electron chi connectivity index (χ4n) is 2.57. The van der Waals surface area contributed by atoms with Crippen molar-refractivity contribution in [1.82, 2.24) is 4.90 Å². The van der Waals surface area contributed by atoms with Crippen LogP contribution < -0.4 is 10.1 Å². The molecule has 0 aromatic heterocycles. The highest BCUT2D eigenvalue weighted by Crippen LogP contribution is 2.30. The molecule has 0 heterocycles. The van der Waals surface area contributed by atoms with Crippen molar-refractivity contribution in [2.45, 2.75) is 39.0 Å². The van der Waals surface area contributed by atoms with Crippen LogP contribution in [0.5, 0.6) is 11.5 Å². The molecule has 0 aliphatic rings. The maximum Gasteiger partial charge on any atom is 0.416 e. The third-order valence-corrected chi connectivity index (χ3v) is 4.02. The third kappa shape index (κ3) is 8.27. The molecule has 2 rings (SSSR count). The largest absolute Gasteiger partial charge is 0.504 e. The zero-order valence-electron chi connectivity index (χ0n) is 17.7. The molecule has 0 aliphatic carbocycles. The van der Waals surface area contributed by atoms with Crippen LogP contribution >= 0.6 is 0 Å². The second-order valence-corrected chi connectivity index (χ2v) is 7.84. The normalized spacial score (nSPS) is 11.7. The second kappa shape index (κ2) is 10.3. The monoisotopic (exact) mass is 440 g/mol. The Labute approximate surface area is 179 Å². The van der Waals surface area contributed by atoms with Gasteiger partial charge in [0.05, 0.1) is 5.56 Å². The number of amides is 1. The lowest BCUT2D eigenvalue weighted by Gasteiger charge is -2.27. The smallest absolute Gasteiger partial charge is 0.416 e. The summed E-state index contributed by atoms with van der Waals surface area (Å²) in [6.45, 7) is 5.62. The van der Waals surface area contributed by atoms with Crippen LogP contribution in [0.4, 0.5) is 23.7 Å². The molecule has 0 aliphatic heterocycles. The summed E-state index contributed by atoms with van der Waals surface area (Å²) in [4.78, 5) is 13.8. The van der Waals surface area contributed by atoms with E-state index in [9.17, 15) is 23.1 Å². The van der Waals surface area contributed by atoms with Crippen LogP contribution in [0.15, 0.2) is 48.5 Å². The average molecular weight is 440 g/mol. The maximum atomic E-state index is 12.8. The number of hydrogen-bond donors (Lipinski definition) is 2. The number of nitrogens with zero attached hydrogens (tertiary/aromatic N) is 1. The second-order valence-electron chi connectivity index (χ2n) is 7.84. The number of phenolic OH excluding ortho intramolecular Hbond substituents is 1. The number of ether oxygens (including phenoxy) is 2. The number of aromatic hydroxyl groups is 1. The van der Waals surface area contributed by atoms with E-state index in [1.54, 1.807) is 45.0 Å². The average Bonchev–Trinajstić information content (AvgIpc) is 2.66. The molecule has 1 amide bonds. The Balaban J connectivity index is 1.94. The van der Waals surface area contributed by atoms with Gasteiger partial charge in [-0.25, -0.2) is 4.79 Å². The number of carbonyl (C=O) groups excluding carboxylic acids is 1. The van der Waals surface area contributed by atoms with Crippen molar-refractivity contribution >= 4 is 11.8 Å². The molecular formula is C22H27F3N2O4. The molecule has 0 spiro atoms. The first-order valence-electron chi connectivity index (χ1n) is 9.75. The molecule has 0 fully saturated rings. The van der Waals surface area contributed by atoms with Crippen molar-refractivity contribution in [3.8, 4) is 11.5 Å². The molecule has 0 unspecified atom stereocenters. The van der Waals surface area contributed by atoms with E-state index in [1.165, 1.54) is 17.0 Å². The highest BCUT2D eigenvalue weighted by molar-refractivity contribution is 5.68. The summed E-state index contributed by atoms with van der Waals surface area (Å²) < 4.78 is 49.4. The first kappa shape index (κ1) is 24.2. The van der Waals surface area contributed by atoms with Gasteiger partial charge in [0.15, 0.2) is 18.2 Å². The number of benzene rings is 2. The molecule has 6 nitrogen and oxygen atoms in total. The van der Waals surface area contributed by atoms with Crippen LogP contribution in [0.1, 0.15) is 32.8 Å². The van der Waals surface area contributed by atoms with Gasteiger partial charge in [0.25, 0.3) is 0 Å². The lowest BCUT2D eigenvalue weighted by molar-refractivity contribution is -0.137. The molecule has 0 saturated carbocycles. The highest BCUT2D eigenvalue weighted by Gasteiger charge is 2.30. The van der Waals surface area contributed by atoms with E-state index in [0.717, 1.165) is 12.1 Å². The van der Waals surface area contributed by atoms with Crippen molar-refractivity contribution in [3.05, 3.63) is 54.1 Å². The summed E-state index contributed by atoms with van der Waals surface area (Å²) in [5, 5.41) is 12.7. The fourth-order valence-corrected chi connectivity index (χ4v) is 2.57. The predicted octanol–water partition coefficient (Wildman–Crippen LogP) is 5.49. The summed E-state index contributed by atoms with van der Waals surface area (Å²) in [5.41, 5.74) is -1.10. The Hall–Kier alpha value is -3.10. The lowest BCUT2D eigenvalue weighted by atomic mass is 10.2. The zero-order valence-corrected chi connectivity index (χ0v) is 17.7. The van der Waals surface area contributed by atoms with Crippen molar-refractivity contribution in [3.63, 3.8) is 0 Å². The number of rotatable bonds is 8. The number of para-hydroxylation sites is 2. The minimum Gasteiger partial charge on any atom is -0.504 e. The first-order chi connectivity index (χ1) is 14.5. The SMILES string of the molecule is CC(C)(C)OC(=O)N(CCCNc1cccc(C(F)(F)F)c1)COc1ccccc1O. The minimum absolute atomic E-state index is 0.0575. The van der Waals surface area contributed by atoms with Gasteiger partial charge in [-0.15, -0.1) is 0 Å². The van der Waals surface area contributed by atoms with Gasteiger partial charge >= 0.3 is 12.3 Å². The van der Waals surface area contributed by atoms with E-state index >= 15 is 0 Å². The number of halogens is 3. The van der Waals surface area contributed by atoms with Crippen molar-refractivity contribution in [1.29, 1.82) is 0 Å². The minimum atomic E-state index is -4.41. The molecular weight excluding hydrogens is 413 g/mol. The van der Waals surface area contributed by atoms with E-state index in [-0.39, 0.29) is 24.8 Å². The Morgan fingerprint density at radius 3 is 2.45 bits per heavy atom. The number of phenols is 1. The topological polar surface area (TPSA) is 71.0 Å². The molecule has 170 valence electrons. The van der Waals surface area contributed by atoms with Crippen LogP contribution in [-0.2, 0) is 10.9 Å². The predicted molar refractivity (Wildman–Crippen MR) is 111 cm³/mol. The highest BCUT2D eigenvalue weighted by atomic mass is 19.4. The lowest BCUT2D eigenvalue weighted by Crippen LogP contribution is -2.40. The molecule has 0 radical (unpaired) electrons. The molecule has 2 N–H and O–H groups in total. The summed E-state index contributed by atoms with van der Waals surface area (Å²) in [5.74, 6) is 0.163. The summed E-state index contributed by atoms with van der Waals surface area (Å²) >= 11 is 0. The van der Waals surface area contributed by atoms with Crippen LogP contribution in [0.3, 0.4) is 0 Å². The summed E-state index contributed by atoms with van der Waals surface area (Å²) in [6, 6.07) is 11.3. The van der Waals surface area contributed by atoms with Gasteiger partial charge in [-0.05, 0) is 57.5 Å². The number of nitrogens with one attached hydrogen (secondary N) is 1. The van der Waals surface area contributed by atoms with E-state index < -0.39 is 23.4 Å². The first-order valence-corrected chi connectivity index (χ1v) is 9.75. The van der Waals surface area contributed by atoms with Gasteiger partial charge in [-0.2, -0.15) is 13.2 Å². The van der Waals surface area contributed by atoms with Gasteiger partial charge < -0.3 is 19.9 Å². The number of carbonyl (C=O) groups is 1. The Kier molecular flexibility index (Phi) is 8.01. The van der Waals surface area contributed by atoms with E-state index in [4.69, 9.17) is 9.47 Å². The van der Waals surface area contributed by atoms with Gasteiger partial charge in [0, 0.05) is 18.8 Å². The van der Waals surface area contributed by atoms with E-state index in [0.29, 0.717) is 18.7 Å². The molecule has 31 heavy (non-hydrogen) atoms. The van der Waals surface area contributed by atoms with Crippen LogP contribution in [-0.4, -0.2) is 41.5 Å². The van der Waals surface area contributed by atoms with Gasteiger partial charge in [-0.1, -0.05) is 18.2 Å². The summed E-state index contributed by atoms with van der Waals surface area (Å²) in [7, 11) is 0. The van der Waals surface area contributed by atoms with Crippen molar-refractivity contribution in [2.75, 3.05) is 25.1 Å². The Bertz CT molecular complexity index is 866. The Morgan fingerprint density at radius 1 is 1.10 bits per heavy atom. The van der Waals surface area contributed by atoms with E-state index in [2.05, 4.69) is 5.32 Å². The maximum absolute atomic E-state index is 12.8. The zero-order chi connectivity index (χ0) is 23.1. The van der Waals surface area contributed by atoms with Gasteiger partial charge in [-0.3, -0.25) is 4.90 Å². The Morgan fingerprint density at radius 2 is 1.81 bits per heavy atom. The van der Waals surface area contributed by atoms with Crippen LogP contribution in [0.25, 0.3) is 0 Å². The van der Waals surface area contributed by atoms with E-state index in [1.807, 2.05) is 0 Å². The number of hydrogen-bond acceptors (Lipinski definition) is 5. The van der Waals surface area contributed by atoms with Crippen molar-refractivity contribution in [2.24, 2.45) is 0 Å². The molecule has 0 saturated heterocycles. The standard InChI is InChI=1S/C22H27F3N2O4/c1-21(2,3)31-20(29)27(15-30-19-11-5-4-10-18(19)28)13-7-12-26-17-9-6-8-16(14-17)22(23,24)25/h4-6,8-11,14,26,28H,7,12-13,15H2,1-3H3. The van der Waals surface area contributed by atoms with Crippen LogP contribution in [0.2, 0.25) is 0 Å². The quantitative estimate of drug-likeness (QED) is 0.420. The van der Waals surface area contributed by atoms with Crippen molar-refractivity contribution < 1.29 is 32.5 Å². The molecule has 2 aromatic carbocycles. The molecule has 2 aromatic rings. The number of alkyl halides is 3. The van der Waals surface area contributed by atoms with Gasteiger partial charge in [0.1, 0.15) is 5.60 Å². The summed E-state index contributed by atoms with van der Waals surface area (Å²) in [6.07, 6.45) is -4.58. The van der Waals surface area contributed by atoms with Crippen LogP contribution in [0, 0.1) is 0 Å². The fraction of sp³-hybridized carbons (Fsp3) is 0.409. The third-order valence-electron chi connectivity index (χ3n) is 4.02. The molecule has 0 bridgehead atoms. The van der Waals surface area contributed by atoms with Gasteiger partial charge in [0.2, 0.25) is 0 Å². The molecule has 0 atom stereocenters. The molecule has 9 heteroatoms.